The zero-order valence-electron chi connectivity index (χ0n) is 51.8. The zero-order valence-corrected chi connectivity index (χ0v) is 51.8. The summed E-state index contributed by atoms with van der Waals surface area (Å²) < 4.78 is 0. The van der Waals surface area contributed by atoms with E-state index in [0.29, 0.717) is 0 Å². The summed E-state index contributed by atoms with van der Waals surface area (Å²) in [6, 6.07) is 0. The van der Waals surface area contributed by atoms with E-state index >= 15 is 0 Å². The molecule has 0 aliphatic heterocycles. The van der Waals surface area contributed by atoms with Crippen molar-refractivity contribution in [1.82, 2.24) is 0 Å². The lowest BCUT2D eigenvalue weighted by molar-refractivity contribution is 0.279. The van der Waals surface area contributed by atoms with Crippen LogP contribution in [0.25, 0.3) is 0 Å². The Morgan fingerprint density at radius 1 is 0.354 bits per heavy atom. The third-order valence-corrected chi connectivity index (χ3v) is 13.9. The van der Waals surface area contributed by atoms with Gasteiger partial charge in [-0.15, -0.1) is 0 Å². The van der Waals surface area contributed by atoms with Gasteiger partial charge in [0.25, 0.3) is 0 Å². The minimum absolute atomic E-state index is 0.870. The molecule has 0 nitrogen and oxygen atoms in total. The molecule has 0 spiro atoms. The van der Waals surface area contributed by atoms with E-state index in [1.165, 1.54) is 161 Å². The largest absolute Gasteiger partial charge is 0.0654 e. The van der Waals surface area contributed by atoms with Crippen LogP contribution in [0.2, 0.25) is 0 Å². The van der Waals surface area contributed by atoms with E-state index in [4.69, 9.17) is 0 Å². The van der Waals surface area contributed by atoms with Crippen LogP contribution in [0, 0.1) is 82.9 Å². The summed E-state index contributed by atoms with van der Waals surface area (Å²) in [6.07, 6.45) is 35.7. The molecule has 2 rings (SSSR count). The zero-order chi connectivity index (χ0) is 51.8. The molecule has 0 aromatic heterocycles. The molecule has 3 unspecified atom stereocenters. The van der Waals surface area contributed by atoms with Crippen LogP contribution in [-0.4, -0.2) is 0 Å². The minimum Gasteiger partial charge on any atom is -0.0654 e. The van der Waals surface area contributed by atoms with E-state index in [1.807, 2.05) is 0 Å². The average molecular weight is 924 g/mol. The van der Waals surface area contributed by atoms with E-state index in [0.717, 1.165) is 82.9 Å². The molecule has 0 radical (unpaired) electrons. The summed E-state index contributed by atoms with van der Waals surface area (Å²) in [5.41, 5.74) is 0. The summed E-state index contributed by atoms with van der Waals surface area (Å²) in [6.45, 7) is 59.5. The van der Waals surface area contributed by atoms with Crippen molar-refractivity contribution in [2.45, 2.75) is 341 Å². The Labute approximate surface area is 421 Å². The Bertz CT molecular complexity index is 775. The van der Waals surface area contributed by atoms with Gasteiger partial charge in [-0.05, 0) is 102 Å². The van der Waals surface area contributed by atoms with Gasteiger partial charge in [0.15, 0.2) is 0 Å². The van der Waals surface area contributed by atoms with E-state index in [2.05, 4.69) is 180 Å². The summed E-state index contributed by atoms with van der Waals surface area (Å²) in [4.78, 5) is 0. The summed E-state index contributed by atoms with van der Waals surface area (Å²) in [7, 11) is 0. The van der Waals surface area contributed by atoms with Crippen molar-refractivity contribution in [3.05, 3.63) is 0 Å². The van der Waals surface area contributed by atoms with Gasteiger partial charge >= 0.3 is 0 Å². The Morgan fingerprint density at radius 2 is 0.769 bits per heavy atom. The smallest absolute Gasteiger partial charge is 0.0391 e. The van der Waals surface area contributed by atoms with Crippen LogP contribution in [0.15, 0.2) is 0 Å². The maximum absolute atomic E-state index is 2.36. The van der Waals surface area contributed by atoms with Crippen molar-refractivity contribution in [2.75, 3.05) is 0 Å². The molecule has 2 aliphatic carbocycles. The standard InChI is InChI=1S/C11H24.C10H20.C9H18.3C8H18.C6H14.C5H12/c1-5-7-8-11(6-2)9-10(3)4;1-9(2)8-10-6-4-3-5-7-10;1-8(2)9-6-4-3-5-7-9;1-7(2)5-6-8(3)4;1-5-8(4)6-7(2)3;1-5-6-8(4)7(2)3;1-4-5-6(2)3;1-4-5(2)3/h10-11H,5-9H2,1-4H3;9-10H,3-8H2,1-2H3;8-9H,3-7H2,1-2H3;3*7-8H,5-6H2,1-4H3;6H,4-5H2,1-3H3;5H,4H2,1-3H3. The molecule has 0 aromatic rings. The van der Waals surface area contributed by atoms with Gasteiger partial charge in [-0.2, -0.15) is 0 Å². The maximum atomic E-state index is 2.36. The Balaban J connectivity index is -0.000000155. The van der Waals surface area contributed by atoms with Gasteiger partial charge in [0.05, 0.1) is 0 Å². The predicted octanol–water partition coefficient (Wildman–Crippen LogP) is 24.8. The summed E-state index contributed by atoms with van der Waals surface area (Å²) in [5.74, 6) is 13.0. The molecule has 0 amide bonds. The molecule has 0 aromatic carbocycles. The fourth-order valence-corrected chi connectivity index (χ4v) is 8.54. The quantitative estimate of drug-likeness (QED) is 0.108. The first-order valence-electron chi connectivity index (χ1n) is 30.3. The molecule has 65 heavy (non-hydrogen) atoms. The topological polar surface area (TPSA) is 0 Å². The van der Waals surface area contributed by atoms with Crippen molar-refractivity contribution < 1.29 is 0 Å². The first-order chi connectivity index (χ1) is 30.3. The van der Waals surface area contributed by atoms with Crippen molar-refractivity contribution in [2.24, 2.45) is 82.9 Å². The molecule has 402 valence electrons. The number of unbranched alkanes of at least 4 members (excludes halogenated alkanes) is 1. The lowest BCUT2D eigenvalue weighted by Crippen LogP contribution is -2.12. The molecule has 3 atom stereocenters. The highest BCUT2D eigenvalue weighted by Crippen LogP contribution is 2.30. The third kappa shape index (κ3) is 75.7. The van der Waals surface area contributed by atoms with Crippen molar-refractivity contribution in [3.63, 3.8) is 0 Å². The Hall–Kier alpha value is 0. The second-order valence-corrected chi connectivity index (χ2v) is 25.3. The number of rotatable bonds is 21. The van der Waals surface area contributed by atoms with Crippen LogP contribution in [-0.2, 0) is 0 Å². The molecule has 0 bridgehead atoms. The number of hydrogen-bond acceptors (Lipinski definition) is 0. The monoisotopic (exact) mass is 923 g/mol. The van der Waals surface area contributed by atoms with Gasteiger partial charge in [0.1, 0.15) is 0 Å². The lowest BCUT2D eigenvalue weighted by Gasteiger charge is -2.24. The van der Waals surface area contributed by atoms with E-state index in [9.17, 15) is 0 Å². The van der Waals surface area contributed by atoms with E-state index < -0.39 is 0 Å². The fraction of sp³-hybridized carbons (Fsp3) is 1.00. The van der Waals surface area contributed by atoms with Crippen molar-refractivity contribution in [1.29, 1.82) is 0 Å². The summed E-state index contributed by atoms with van der Waals surface area (Å²) >= 11 is 0. The first-order valence-corrected chi connectivity index (χ1v) is 30.3. The highest BCUT2D eigenvalue weighted by molar-refractivity contribution is 4.68. The van der Waals surface area contributed by atoms with E-state index in [-0.39, 0.29) is 0 Å². The van der Waals surface area contributed by atoms with Gasteiger partial charge in [-0.25, -0.2) is 0 Å². The van der Waals surface area contributed by atoms with Gasteiger partial charge in [0.2, 0.25) is 0 Å². The maximum Gasteiger partial charge on any atom is -0.0391 e. The van der Waals surface area contributed by atoms with Crippen LogP contribution < -0.4 is 0 Å². The van der Waals surface area contributed by atoms with Crippen LogP contribution in [0.3, 0.4) is 0 Å². The van der Waals surface area contributed by atoms with Crippen LogP contribution in [0.1, 0.15) is 341 Å². The Kier molecular flexibility index (Phi) is 66.6. The van der Waals surface area contributed by atoms with E-state index in [1.54, 1.807) is 0 Å². The van der Waals surface area contributed by atoms with Crippen LogP contribution >= 0.6 is 0 Å². The lowest BCUT2D eigenvalue weighted by atomic mass is 9.82. The highest BCUT2D eigenvalue weighted by Gasteiger charge is 2.16. The SMILES string of the molecule is CC(C)C1CCCCC1.CC(C)CC1CCCCC1.CC(C)CCC(C)C.CCC(C)C.CCC(C)CC(C)C.CCCC(C)C.CCCC(C)C(C)C.CCCCC(CC)CC(C)C. The van der Waals surface area contributed by atoms with Gasteiger partial charge in [-0.3, -0.25) is 0 Å². The second-order valence-electron chi connectivity index (χ2n) is 25.3. The normalized spacial score (nSPS) is 15.6. The number of hydrogen-bond donors (Lipinski definition) is 0. The second kappa shape index (κ2) is 56.6. The molecule has 2 fully saturated rings. The highest BCUT2D eigenvalue weighted by atomic mass is 14.2. The third-order valence-electron chi connectivity index (χ3n) is 13.9. The van der Waals surface area contributed by atoms with Crippen molar-refractivity contribution >= 4 is 0 Å². The fourth-order valence-electron chi connectivity index (χ4n) is 8.54. The predicted molar refractivity (Wildman–Crippen MR) is 312 cm³/mol. The Morgan fingerprint density at radius 3 is 0.985 bits per heavy atom. The molecule has 2 aliphatic rings. The summed E-state index contributed by atoms with van der Waals surface area (Å²) in [5, 5.41) is 0. The molecular formula is C65H142. The minimum atomic E-state index is 0.870. The molecule has 0 N–H and O–H groups in total. The molecular weight excluding hydrogens is 781 g/mol. The van der Waals surface area contributed by atoms with Crippen LogP contribution in [0.5, 0.6) is 0 Å². The van der Waals surface area contributed by atoms with Gasteiger partial charge < -0.3 is 0 Å². The van der Waals surface area contributed by atoms with Crippen molar-refractivity contribution in [3.8, 4) is 0 Å². The first kappa shape index (κ1) is 76.5. The van der Waals surface area contributed by atoms with Gasteiger partial charge in [0, 0.05) is 0 Å². The molecule has 2 saturated carbocycles. The molecule has 0 heteroatoms. The van der Waals surface area contributed by atoms with Crippen LogP contribution in [0.4, 0.5) is 0 Å². The average Bonchev–Trinajstić information content (AvgIpc) is 3.23. The molecule has 0 heterocycles. The van der Waals surface area contributed by atoms with Gasteiger partial charge in [-0.1, -0.05) is 321 Å². The molecule has 0 saturated heterocycles.